The van der Waals surface area contributed by atoms with E-state index in [2.05, 4.69) is 5.32 Å². The zero-order valence-electron chi connectivity index (χ0n) is 10.8. The summed E-state index contributed by atoms with van der Waals surface area (Å²) in [5, 5.41) is 20.9. The lowest BCUT2D eigenvalue weighted by Crippen LogP contribution is -2.42. The Bertz CT molecular complexity index is 470. The fraction of sp³-hybridized carbons (Fsp3) is 0.385. The smallest absolute Gasteiger partial charge is 0.306 e. The Morgan fingerprint density at radius 3 is 2.68 bits per heavy atom. The second kappa shape index (κ2) is 6.19. The molecule has 1 atom stereocenters. The van der Waals surface area contributed by atoms with E-state index in [1.165, 1.54) is 14.0 Å². The SMILES string of the molecule is COc1cccc(C(=O)NCC(C)(O)CC(=O)O)c1. The van der Waals surface area contributed by atoms with E-state index in [0.29, 0.717) is 11.3 Å². The lowest BCUT2D eigenvalue weighted by Gasteiger charge is -2.21. The molecule has 1 amide bonds. The number of rotatable bonds is 6. The number of aliphatic hydroxyl groups is 1. The van der Waals surface area contributed by atoms with Gasteiger partial charge in [-0.2, -0.15) is 0 Å². The number of benzene rings is 1. The van der Waals surface area contributed by atoms with Crippen molar-refractivity contribution in [3.05, 3.63) is 29.8 Å². The van der Waals surface area contributed by atoms with Crippen molar-refractivity contribution in [2.45, 2.75) is 18.9 Å². The van der Waals surface area contributed by atoms with E-state index in [1.807, 2.05) is 0 Å². The van der Waals surface area contributed by atoms with Crippen molar-refractivity contribution in [1.29, 1.82) is 0 Å². The molecule has 1 aromatic rings. The monoisotopic (exact) mass is 267 g/mol. The van der Waals surface area contributed by atoms with Crippen LogP contribution >= 0.6 is 0 Å². The van der Waals surface area contributed by atoms with E-state index in [-0.39, 0.29) is 6.54 Å². The molecule has 3 N–H and O–H groups in total. The van der Waals surface area contributed by atoms with Crippen LogP contribution < -0.4 is 10.1 Å². The number of hydrogen-bond acceptors (Lipinski definition) is 4. The number of carboxylic acid groups (broad SMARTS) is 1. The zero-order chi connectivity index (χ0) is 14.5. The summed E-state index contributed by atoms with van der Waals surface area (Å²) in [6, 6.07) is 6.53. The van der Waals surface area contributed by atoms with Gasteiger partial charge in [0, 0.05) is 12.1 Å². The van der Waals surface area contributed by atoms with Crippen LogP contribution in [-0.4, -0.2) is 41.3 Å². The number of methoxy groups -OCH3 is 1. The number of carbonyl (C=O) groups excluding carboxylic acids is 1. The fourth-order valence-electron chi connectivity index (χ4n) is 1.53. The summed E-state index contributed by atoms with van der Waals surface area (Å²) < 4.78 is 5.00. The summed E-state index contributed by atoms with van der Waals surface area (Å²) in [6.45, 7) is 1.21. The maximum atomic E-state index is 11.8. The highest BCUT2D eigenvalue weighted by Crippen LogP contribution is 2.13. The molecule has 0 aliphatic carbocycles. The number of ether oxygens (including phenoxy) is 1. The molecule has 0 saturated heterocycles. The number of aliphatic carboxylic acids is 1. The molecule has 1 unspecified atom stereocenters. The highest BCUT2D eigenvalue weighted by Gasteiger charge is 2.25. The largest absolute Gasteiger partial charge is 0.497 e. The Kier molecular flexibility index (Phi) is 4.88. The van der Waals surface area contributed by atoms with Crippen LogP contribution in [0.4, 0.5) is 0 Å². The molecule has 1 aromatic carbocycles. The summed E-state index contributed by atoms with van der Waals surface area (Å²) in [4.78, 5) is 22.3. The van der Waals surface area contributed by atoms with Crippen LogP contribution in [0.2, 0.25) is 0 Å². The molecule has 0 aliphatic heterocycles. The summed E-state index contributed by atoms with van der Waals surface area (Å²) in [5.41, 5.74) is -1.11. The predicted molar refractivity (Wildman–Crippen MR) is 68.2 cm³/mol. The molecule has 0 bridgehead atoms. The van der Waals surface area contributed by atoms with Gasteiger partial charge in [0.2, 0.25) is 0 Å². The van der Waals surface area contributed by atoms with Gasteiger partial charge in [-0.25, -0.2) is 0 Å². The van der Waals surface area contributed by atoms with Crippen LogP contribution in [0.5, 0.6) is 5.75 Å². The molecule has 0 radical (unpaired) electrons. The van der Waals surface area contributed by atoms with Crippen LogP contribution in [0.1, 0.15) is 23.7 Å². The van der Waals surface area contributed by atoms with E-state index in [4.69, 9.17) is 9.84 Å². The minimum Gasteiger partial charge on any atom is -0.497 e. The Hall–Kier alpha value is -2.08. The average Bonchev–Trinajstić information content (AvgIpc) is 2.34. The third-order valence-electron chi connectivity index (χ3n) is 2.49. The van der Waals surface area contributed by atoms with Gasteiger partial charge in [0.05, 0.1) is 19.1 Å². The van der Waals surface area contributed by atoms with Crippen molar-refractivity contribution >= 4 is 11.9 Å². The summed E-state index contributed by atoms with van der Waals surface area (Å²) in [7, 11) is 1.49. The third-order valence-corrected chi connectivity index (χ3v) is 2.49. The second-order valence-corrected chi connectivity index (χ2v) is 4.48. The van der Waals surface area contributed by atoms with Gasteiger partial charge in [-0.15, -0.1) is 0 Å². The summed E-state index contributed by atoms with van der Waals surface area (Å²) >= 11 is 0. The normalized spacial score (nSPS) is 13.4. The standard InChI is InChI=1S/C13H17NO5/c1-13(18,7-11(15)16)8-14-12(17)9-4-3-5-10(6-9)19-2/h3-6,18H,7-8H2,1-2H3,(H,14,17)(H,15,16). The first-order valence-electron chi connectivity index (χ1n) is 5.70. The van der Waals surface area contributed by atoms with Crippen molar-refractivity contribution in [3.8, 4) is 5.75 Å². The van der Waals surface area contributed by atoms with E-state index in [0.717, 1.165) is 0 Å². The first-order valence-corrected chi connectivity index (χ1v) is 5.70. The van der Waals surface area contributed by atoms with Crippen molar-refractivity contribution < 1.29 is 24.5 Å². The minimum atomic E-state index is -1.49. The van der Waals surface area contributed by atoms with Crippen LogP contribution in [0.25, 0.3) is 0 Å². The second-order valence-electron chi connectivity index (χ2n) is 4.48. The van der Waals surface area contributed by atoms with Gasteiger partial charge < -0.3 is 20.3 Å². The van der Waals surface area contributed by atoms with Crippen LogP contribution in [0.3, 0.4) is 0 Å². The van der Waals surface area contributed by atoms with Gasteiger partial charge in [0.15, 0.2) is 0 Å². The van der Waals surface area contributed by atoms with Crippen molar-refractivity contribution in [2.75, 3.05) is 13.7 Å². The molecule has 0 saturated carbocycles. The van der Waals surface area contributed by atoms with E-state index < -0.39 is 23.9 Å². The minimum absolute atomic E-state index is 0.144. The van der Waals surface area contributed by atoms with Crippen LogP contribution in [0, 0.1) is 0 Å². The van der Waals surface area contributed by atoms with E-state index in [9.17, 15) is 14.7 Å². The number of amides is 1. The lowest BCUT2D eigenvalue weighted by molar-refractivity contribution is -0.141. The molecule has 1 rings (SSSR count). The van der Waals surface area contributed by atoms with Crippen LogP contribution in [0.15, 0.2) is 24.3 Å². The fourth-order valence-corrected chi connectivity index (χ4v) is 1.53. The Labute approximate surface area is 111 Å². The molecule has 0 heterocycles. The average molecular weight is 267 g/mol. The number of carbonyl (C=O) groups is 2. The van der Waals surface area contributed by atoms with E-state index in [1.54, 1.807) is 24.3 Å². The molecule has 104 valence electrons. The van der Waals surface area contributed by atoms with Gasteiger partial charge in [0.25, 0.3) is 5.91 Å². The molecule has 0 spiro atoms. The molecular weight excluding hydrogens is 250 g/mol. The number of carboxylic acids is 1. The van der Waals surface area contributed by atoms with Crippen molar-refractivity contribution in [3.63, 3.8) is 0 Å². The summed E-state index contributed by atoms with van der Waals surface area (Å²) in [5.74, 6) is -0.977. The maximum absolute atomic E-state index is 11.8. The molecule has 19 heavy (non-hydrogen) atoms. The molecule has 6 heteroatoms. The highest BCUT2D eigenvalue weighted by molar-refractivity contribution is 5.94. The van der Waals surface area contributed by atoms with E-state index >= 15 is 0 Å². The van der Waals surface area contributed by atoms with Gasteiger partial charge in [0.1, 0.15) is 5.75 Å². The Morgan fingerprint density at radius 1 is 1.42 bits per heavy atom. The topological polar surface area (TPSA) is 95.9 Å². The molecule has 0 aromatic heterocycles. The molecule has 0 fully saturated rings. The quantitative estimate of drug-likeness (QED) is 0.703. The Morgan fingerprint density at radius 2 is 2.11 bits per heavy atom. The highest BCUT2D eigenvalue weighted by atomic mass is 16.5. The Balaban J connectivity index is 2.62. The van der Waals surface area contributed by atoms with Crippen molar-refractivity contribution in [2.24, 2.45) is 0 Å². The number of hydrogen-bond donors (Lipinski definition) is 3. The van der Waals surface area contributed by atoms with Crippen LogP contribution in [-0.2, 0) is 4.79 Å². The van der Waals surface area contributed by atoms with Gasteiger partial charge >= 0.3 is 5.97 Å². The van der Waals surface area contributed by atoms with Crippen molar-refractivity contribution in [1.82, 2.24) is 5.32 Å². The predicted octanol–water partition coefficient (Wildman–Crippen LogP) is 0.651. The maximum Gasteiger partial charge on any atom is 0.306 e. The lowest BCUT2D eigenvalue weighted by atomic mass is 10.0. The van der Waals surface area contributed by atoms with Gasteiger partial charge in [-0.3, -0.25) is 9.59 Å². The third kappa shape index (κ3) is 4.97. The molecule has 0 aliphatic rings. The zero-order valence-corrected chi connectivity index (χ0v) is 10.8. The van der Waals surface area contributed by atoms with Gasteiger partial charge in [-0.05, 0) is 25.1 Å². The molecule has 6 nitrogen and oxygen atoms in total. The van der Waals surface area contributed by atoms with Gasteiger partial charge in [-0.1, -0.05) is 6.07 Å². The molecular formula is C13H17NO5. The summed E-state index contributed by atoms with van der Waals surface area (Å²) in [6.07, 6.45) is -0.439. The first kappa shape index (κ1) is 15.0. The first-order chi connectivity index (χ1) is 8.84. The number of nitrogens with one attached hydrogen (secondary N) is 1.